The van der Waals surface area contributed by atoms with E-state index in [9.17, 15) is 33.4 Å². The molecule has 0 spiro atoms. The predicted octanol–water partition coefficient (Wildman–Crippen LogP) is 3.83. The van der Waals surface area contributed by atoms with Crippen molar-refractivity contribution >= 4 is 17.8 Å². The summed E-state index contributed by atoms with van der Waals surface area (Å²) in [6, 6.07) is 2.30. The number of amides is 2. The van der Waals surface area contributed by atoms with Crippen LogP contribution in [0.5, 0.6) is 11.8 Å². The first kappa shape index (κ1) is 33.9. The molecule has 0 aromatic carbocycles. The van der Waals surface area contributed by atoms with Gasteiger partial charge in [0.15, 0.2) is 0 Å². The second-order valence-corrected chi connectivity index (χ2v) is 11.3. The number of aromatic nitrogens is 1. The molecule has 41 heavy (non-hydrogen) atoms. The predicted molar refractivity (Wildman–Crippen MR) is 147 cm³/mol. The minimum Gasteiger partial charge on any atom is -0.492 e. The number of hydrogen-bond donors (Lipinski definition) is 4. The Kier molecular flexibility index (Phi) is 12.4. The molecule has 1 aromatic heterocycles. The molecule has 0 bridgehead atoms. The van der Waals surface area contributed by atoms with Crippen LogP contribution in [0.2, 0.25) is 0 Å². The van der Waals surface area contributed by atoms with Gasteiger partial charge >= 0.3 is 11.9 Å². The second-order valence-electron chi connectivity index (χ2n) is 11.3. The lowest BCUT2D eigenvalue weighted by Crippen LogP contribution is -2.48. The van der Waals surface area contributed by atoms with Gasteiger partial charge in [0.05, 0.1) is 12.0 Å². The summed E-state index contributed by atoms with van der Waals surface area (Å²) in [7, 11) is 0. The van der Waals surface area contributed by atoms with Gasteiger partial charge in [0.25, 0.3) is 0 Å². The maximum absolute atomic E-state index is 14.4. The van der Waals surface area contributed by atoms with Crippen molar-refractivity contribution in [3.05, 3.63) is 12.1 Å². The van der Waals surface area contributed by atoms with E-state index in [0.29, 0.717) is 50.0 Å². The third kappa shape index (κ3) is 11.6. The highest BCUT2D eigenvalue weighted by Crippen LogP contribution is 2.33. The quantitative estimate of drug-likeness (QED) is 0.230. The molecule has 230 valence electrons. The van der Waals surface area contributed by atoms with Gasteiger partial charge in [-0.3, -0.25) is 9.59 Å². The zero-order valence-electron chi connectivity index (χ0n) is 24.4. The number of carbonyl (C=O) groups is 3. The fraction of sp³-hybridized carbons (Fsp3) is 0.690. The van der Waals surface area contributed by atoms with Gasteiger partial charge in [-0.1, -0.05) is 19.3 Å². The molecule has 1 aromatic rings. The molecule has 0 fully saturated rings. The van der Waals surface area contributed by atoms with Crippen molar-refractivity contribution < 1.29 is 43.0 Å². The number of aromatic hydroxyl groups is 2. The summed E-state index contributed by atoms with van der Waals surface area (Å²) >= 11 is 0. The highest BCUT2D eigenvalue weighted by atomic mass is 19.3. The van der Waals surface area contributed by atoms with Crippen LogP contribution in [0.4, 0.5) is 8.78 Å². The van der Waals surface area contributed by atoms with Crippen molar-refractivity contribution in [3.63, 3.8) is 0 Å². The van der Waals surface area contributed by atoms with Crippen LogP contribution >= 0.6 is 0 Å². The van der Waals surface area contributed by atoms with Crippen molar-refractivity contribution in [2.75, 3.05) is 13.2 Å². The van der Waals surface area contributed by atoms with Crippen molar-refractivity contribution in [2.24, 2.45) is 5.92 Å². The van der Waals surface area contributed by atoms with Gasteiger partial charge in [-0.15, -0.1) is 4.73 Å². The number of hydrogen-bond acceptors (Lipinski definition) is 7. The third-order valence-electron chi connectivity index (χ3n) is 7.27. The van der Waals surface area contributed by atoms with Crippen LogP contribution in [-0.2, 0) is 19.1 Å². The first-order chi connectivity index (χ1) is 19.2. The Labute approximate surface area is 240 Å². The highest BCUT2D eigenvalue weighted by molar-refractivity contribution is 5.81. The molecule has 1 heterocycles. The molecular weight excluding hydrogens is 540 g/mol. The van der Waals surface area contributed by atoms with E-state index in [1.165, 1.54) is 0 Å². The van der Waals surface area contributed by atoms with Crippen LogP contribution in [-0.4, -0.2) is 62.9 Å². The summed E-state index contributed by atoms with van der Waals surface area (Å²) in [6.07, 6.45) is 2.95. The van der Waals surface area contributed by atoms with Crippen LogP contribution in [0.15, 0.2) is 12.1 Å². The Bertz CT molecular complexity index is 1090. The molecule has 0 saturated carbocycles. The first-order valence-electron chi connectivity index (χ1n) is 14.1. The van der Waals surface area contributed by atoms with Gasteiger partial charge in [0, 0.05) is 56.0 Å². The molecule has 2 atom stereocenters. The summed E-state index contributed by atoms with van der Waals surface area (Å²) in [5, 5.41) is 24.6. The van der Waals surface area contributed by atoms with E-state index >= 15 is 0 Å². The van der Waals surface area contributed by atoms with Crippen molar-refractivity contribution in [1.29, 1.82) is 0 Å². The number of nitrogens with one attached hydrogen (secondary N) is 2. The van der Waals surface area contributed by atoms with Crippen LogP contribution in [0.25, 0.3) is 0 Å². The maximum atomic E-state index is 14.4. The van der Waals surface area contributed by atoms with Crippen molar-refractivity contribution in [3.8, 4) is 23.6 Å². The highest BCUT2D eigenvalue weighted by Gasteiger charge is 2.40. The van der Waals surface area contributed by atoms with Gasteiger partial charge in [0.2, 0.25) is 23.6 Å². The van der Waals surface area contributed by atoms with E-state index in [0.717, 1.165) is 18.6 Å². The number of alkyl halides is 2. The van der Waals surface area contributed by atoms with E-state index in [1.54, 1.807) is 0 Å². The average Bonchev–Trinajstić information content (AvgIpc) is 3.19. The van der Waals surface area contributed by atoms with E-state index in [-0.39, 0.29) is 31.6 Å². The largest absolute Gasteiger partial charge is 0.492 e. The Hall–Kier alpha value is -3.33. The number of halogens is 2. The number of rotatable bonds is 15. The number of carbonyl (C=O) groups excluding carboxylic acids is 3. The zero-order valence-corrected chi connectivity index (χ0v) is 24.4. The standard InChI is InChI=1S/C29H43F2N3O7/c1-5-28(4,33-23(36)20-21-10-8-6-7-9-15-29(21,30)31)17-19-40-27(2,3)16-18-32-22(35)11-14-26(39)41-34-24(37)12-13-25(34)38/h12-13,21,37-38H,5-8,10-11,14,16-20H2,1-4H3,(H,32,35)(H,33,36). The molecule has 1 aliphatic carbocycles. The van der Waals surface area contributed by atoms with E-state index < -0.39 is 46.6 Å². The zero-order chi connectivity index (χ0) is 30.7. The lowest BCUT2D eigenvalue weighted by Gasteiger charge is -2.33. The lowest BCUT2D eigenvalue weighted by atomic mass is 9.88. The first-order valence-corrected chi connectivity index (χ1v) is 14.1. The number of nitrogens with zero attached hydrogens (tertiary/aromatic N) is 1. The SMILES string of the molecule is CCC(C)(CCOC(C)(C)CCNC(=O)CCC(=O)On1c(O)ccc1O)NC(=O)CC1CCCCC#CC1(F)F. The Morgan fingerprint density at radius 1 is 1.10 bits per heavy atom. The van der Waals surface area contributed by atoms with Crippen molar-refractivity contribution in [1.82, 2.24) is 15.4 Å². The fourth-order valence-electron chi connectivity index (χ4n) is 4.31. The van der Waals surface area contributed by atoms with Gasteiger partial charge in [0.1, 0.15) is 0 Å². The summed E-state index contributed by atoms with van der Waals surface area (Å²) in [4.78, 5) is 41.5. The summed E-state index contributed by atoms with van der Waals surface area (Å²) < 4.78 is 35.4. The second kappa shape index (κ2) is 15.1. The molecule has 0 saturated heterocycles. The summed E-state index contributed by atoms with van der Waals surface area (Å²) in [6.45, 7) is 8.11. The van der Waals surface area contributed by atoms with Crippen LogP contribution < -0.4 is 15.5 Å². The molecule has 2 rings (SSSR count). The Morgan fingerprint density at radius 2 is 1.78 bits per heavy atom. The molecular formula is C29H43F2N3O7. The van der Waals surface area contributed by atoms with Gasteiger partial charge in [-0.2, -0.15) is 8.78 Å². The average molecular weight is 584 g/mol. The van der Waals surface area contributed by atoms with E-state index in [2.05, 4.69) is 16.6 Å². The van der Waals surface area contributed by atoms with Gasteiger partial charge in [-0.05, 0) is 58.8 Å². The van der Waals surface area contributed by atoms with Crippen molar-refractivity contribution in [2.45, 2.75) is 109 Å². The van der Waals surface area contributed by atoms with E-state index in [1.807, 2.05) is 33.6 Å². The number of ether oxygens (including phenoxy) is 1. The smallest absolute Gasteiger partial charge is 0.333 e. The molecule has 0 radical (unpaired) electrons. The minimum atomic E-state index is -3.18. The third-order valence-corrected chi connectivity index (χ3v) is 7.27. The Balaban J connectivity index is 1.71. The van der Waals surface area contributed by atoms with Crippen LogP contribution in [0, 0.1) is 17.8 Å². The maximum Gasteiger partial charge on any atom is 0.333 e. The molecule has 2 amide bonds. The molecule has 1 aliphatic rings. The fourth-order valence-corrected chi connectivity index (χ4v) is 4.31. The molecule has 2 unspecified atom stereocenters. The van der Waals surface area contributed by atoms with Gasteiger partial charge < -0.3 is 30.4 Å². The van der Waals surface area contributed by atoms with E-state index in [4.69, 9.17) is 9.57 Å². The molecule has 10 nitrogen and oxygen atoms in total. The van der Waals surface area contributed by atoms with Crippen LogP contribution in [0.1, 0.15) is 91.9 Å². The molecule has 12 heteroatoms. The lowest BCUT2D eigenvalue weighted by molar-refractivity contribution is -0.146. The summed E-state index contributed by atoms with van der Waals surface area (Å²) in [5.74, 6) is -2.22. The molecule has 4 N–H and O–H groups in total. The minimum absolute atomic E-state index is 0.142. The molecule has 0 aliphatic heterocycles. The van der Waals surface area contributed by atoms with Crippen LogP contribution in [0.3, 0.4) is 0 Å². The summed E-state index contributed by atoms with van der Waals surface area (Å²) in [5.41, 5.74) is -1.24. The monoisotopic (exact) mass is 583 g/mol. The normalized spacial score (nSPS) is 18.1. The topological polar surface area (TPSA) is 139 Å². The Morgan fingerprint density at radius 3 is 2.44 bits per heavy atom. The van der Waals surface area contributed by atoms with Gasteiger partial charge in [-0.25, -0.2) is 4.79 Å².